The lowest BCUT2D eigenvalue weighted by molar-refractivity contribution is -0.118. The molecule has 6 aliphatic rings. The minimum absolute atomic E-state index is 0.00711. The van der Waals surface area contributed by atoms with Gasteiger partial charge in [-0.1, -0.05) is 58.4 Å². The fraction of sp³-hybridized carbons (Fsp3) is 0.345. The molecule has 0 aliphatic carbocycles. The van der Waals surface area contributed by atoms with Crippen LogP contribution in [0.3, 0.4) is 0 Å². The molecule has 6 aliphatic heterocycles. The van der Waals surface area contributed by atoms with E-state index in [1.54, 1.807) is 24.8 Å². The predicted molar refractivity (Wildman–Crippen MR) is 583 cm³/mol. The fourth-order valence-corrected chi connectivity index (χ4v) is 21.6. The predicted octanol–water partition coefficient (Wildman–Crippen LogP) is 21.9. The van der Waals surface area contributed by atoms with Crippen molar-refractivity contribution in [2.24, 2.45) is 5.41 Å². The van der Waals surface area contributed by atoms with Crippen molar-refractivity contribution in [3.8, 4) is 90.6 Å². The van der Waals surface area contributed by atoms with Crippen LogP contribution in [-0.4, -0.2) is 221 Å². The van der Waals surface area contributed by atoms with Gasteiger partial charge in [0.2, 0.25) is 11.8 Å². The maximum atomic E-state index is 12.4. The molecule has 0 bridgehead atoms. The largest absolute Gasteiger partial charge is 0.368 e. The third kappa shape index (κ3) is 20.9. The number of piperidine rings is 5. The summed E-state index contributed by atoms with van der Waals surface area (Å²) in [6.45, 7) is 23.1. The highest BCUT2D eigenvalue weighted by Crippen LogP contribution is 2.42. The van der Waals surface area contributed by atoms with E-state index >= 15 is 0 Å². The van der Waals surface area contributed by atoms with Crippen LogP contribution in [0.25, 0.3) is 178 Å². The van der Waals surface area contributed by atoms with Crippen molar-refractivity contribution in [1.29, 1.82) is 0 Å². The molecule has 6 saturated heterocycles. The second-order valence-corrected chi connectivity index (χ2v) is 41.1. The van der Waals surface area contributed by atoms with Gasteiger partial charge in [0.1, 0.15) is 44.8 Å². The summed E-state index contributed by atoms with van der Waals surface area (Å²) in [6, 6.07) is 33.5. The number of nitrogens with one attached hydrogen (secondary N) is 10. The highest BCUT2D eigenvalue weighted by molar-refractivity contribution is 6.03. The number of carbonyl (C=O) groups is 2. The van der Waals surface area contributed by atoms with Crippen molar-refractivity contribution < 1.29 is 9.59 Å². The molecule has 10 N–H and O–H groups in total. The van der Waals surface area contributed by atoms with Crippen LogP contribution in [0, 0.1) is 5.41 Å². The Labute approximate surface area is 850 Å². The Kier molecular flexibility index (Phi) is 27.2. The van der Waals surface area contributed by atoms with Crippen LogP contribution < -0.4 is 30.2 Å². The summed E-state index contributed by atoms with van der Waals surface area (Å²) >= 11 is 0. The normalized spacial score (nSPS) is 15.6. The summed E-state index contributed by atoms with van der Waals surface area (Å²) in [6.07, 6.45) is 53.0. The Balaban J connectivity index is 0.000000108. The number of hydrogen-bond donors (Lipinski definition) is 10. The number of H-pyrrole nitrogens is 8. The van der Waals surface area contributed by atoms with Gasteiger partial charge in [0, 0.05) is 159 Å². The van der Waals surface area contributed by atoms with Gasteiger partial charge in [-0.3, -0.25) is 79.7 Å². The number of imidazole rings is 4. The summed E-state index contributed by atoms with van der Waals surface area (Å²) in [5.74, 6) is 2.91. The van der Waals surface area contributed by atoms with Gasteiger partial charge in [0.15, 0.2) is 23.3 Å². The van der Waals surface area contributed by atoms with Crippen LogP contribution >= 0.6 is 0 Å². The zero-order valence-corrected chi connectivity index (χ0v) is 83.7. The molecule has 16 aromatic heterocycles. The van der Waals surface area contributed by atoms with Gasteiger partial charge in [0.05, 0.1) is 140 Å². The van der Waals surface area contributed by atoms with Gasteiger partial charge >= 0.3 is 0 Å². The number of carbonyl (C=O) groups excluding carboxylic acids is 2. The molecule has 0 atom stereocenters. The lowest BCUT2D eigenvalue weighted by Gasteiger charge is -2.28. The molecule has 0 unspecified atom stereocenters. The van der Waals surface area contributed by atoms with E-state index < -0.39 is 0 Å². The first-order valence-electron chi connectivity index (χ1n) is 52.3. The molecule has 6 fully saturated rings. The number of anilines is 6. The Hall–Kier alpha value is -16.1. The zero-order valence-electron chi connectivity index (χ0n) is 83.7. The minimum Gasteiger partial charge on any atom is -0.368 e. The van der Waals surface area contributed by atoms with E-state index in [9.17, 15) is 9.59 Å². The van der Waals surface area contributed by atoms with Crippen LogP contribution in [0.2, 0.25) is 0 Å². The number of likely N-dealkylation sites (tertiary alicyclic amines) is 2. The average Bonchev–Trinajstić information content (AvgIpc) is 1.63. The molecule has 20 aromatic rings. The molecule has 147 heavy (non-hydrogen) atoms. The monoisotopic (exact) mass is 1960 g/mol. The lowest BCUT2D eigenvalue weighted by Crippen LogP contribution is -2.29. The van der Waals surface area contributed by atoms with Gasteiger partial charge in [0.25, 0.3) is 0 Å². The maximum absolute atomic E-state index is 12.4. The third-order valence-corrected chi connectivity index (χ3v) is 29.0. The molecule has 0 saturated carbocycles. The quantitative estimate of drug-likeness (QED) is 0.0319. The van der Waals surface area contributed by atoms with Crippen LogP contribution in [0.4, 0.5) is 34.1 Å². The molecule has 34 heteroatoms. The second kappa shape index (κ2) is 42.3. The first-order valence-corrected chi connectivity index (χ1v) is 52.3. The summed E-state index contributed by atoms with van der Waals surface area (Å²) in [5, 5.41) is 41.1. The Morgan fingerprint density at radius 3 is 0.864 bits per heavy atom. The first kappa shape index (κ1) is 94.5. The molecule has 4 aromatic carbocycles. The van der Waals surface area contributed by atoms with Gasteiger partial charge < -0.3 is 50.2 Å². The van der Waals surface area contributed by atoms with E-state index in [-0.39, 0.29) is 17.2 Å². The highest BCUT2D eigenvalue weighted by atomic mass is 16.2. The van der Waals surface area contributed by atoms with Gasteiger partial charge in [-0.05, 0) is 247 Å². The standard InChI is InChI=1S/C29H32N8O.C29H32N8.C28H30N8.C27H28N8O/c1-29(2,3)13-25(38)32-20-11-19(14-30-15-20)18-7-8-22-21(12-18)26(36-35-22)28-33-23-16-31-17-24(27(23)34-28)37-9-5-4-6-10-37;1-3-9-36(10-4-1)19-20-13-22(16-30-15-20)21-7-8-24-23(14-21)27(35-34-24)29-32-25-17-31-18-26(28(25)33-29)37-11-5-2-6-12-37;1-2-10-36(11-3-1)25-17-30-16-24-27(25)32-28(31-24)26-22-13-20(6-7-23(22)33-34-26)21-12-19(14-29-15-21)18-35-8-4-5-9-35;1-2-6-24(36)30-19-11-18(13-28-14-19)17-7-8-21-20(12-17)25(34-33-21)27-31-22-15-29-16-23(26(22)32-27)35-9-4-3-5-10-35/h7-8,11-12,14-17H,4-6,9-10,13H2,1-3H3,(H,32,38)(H,33,34)(H,35,36);7-8,13-18H,1-6,9-12,19H2,(H,32,33)(H,34,35);6-7,12-17H,1-5,8-11,18H2,(H,31,32)(H,33,34);7-8,11-16H,2-6,9-10H2,1H3,(H,30,36)(H,31,32)(H,33,34). The van der Waals surface area contributed by atoms with Gasteiger partial charge in [-0.15, -0.1) is 0 Å². The van der Waals surface area contributed by atoms with E-state index in [2.05, 4.69) is 201 Å². The van der Waals surface area contributed by atoms with E-state index in [1.165, 1.54) is 146 Å². The third-order valence-electron chi connectivity index (χ3n) is 29.0. The van der Waals surface area contributed by atoms with Gasteiger partial charge in [-0.2, -0.15) is 20.4 Å². The minimum atomic E-state index is -0.0842. The van der Waals surface area contributed by atoms with Crippen LogP contribution in [0.5, 0.6) is 0 Å². The number of aromatic nitrogens is 24. The Morgan fingerprint density at radius 2 is 0.565 bits per heavy atom. The number of pyridine rings is 8. The number of fused-ring (bicyclic) bond motifs is 8. The van der Waals surface area contributed by atoms with E-state index in [0.29, 0.717) is 35.9 Å². The molecule has 22 heterocycles. The van der Waals surface area contributed by atoms with E-state index in [1.807, 2.05) is 138 Å². The zero-order chi connectivity index (χ0) is 99.3. The molecule has 0 radical (unpaired) electrons. The number of hydrogen-bond acceptors (Lipinski definition) is 24. The van der Waals surface area contributed by atoms with Gasteiger partial charge in [-0.25, -0.2) is 19.9 Å². The lowest BCUT2D eigenvalue weighted by atomic mass is 9.92. The molecule has 746 valence electrons. The molecule has 2 amide bonds. The van der Waals surface area contributed by atoms with Crippen molar-refractivity contribution in [3.63, 3.8) is 0 Å². The average molecular weight is 1960 g/mol. The highest BCUT2D eigenvalue weighted by Gasteiger charge is 2.29. The SMILES string of the molecule is CC(C)(C)CC(=O)Nc1cncc(-c2ccc3[nH]nc(-c4nc5c(N6CCCCC6)cncc5[nH]4)c3c2)c1.CCCC(=O)Nc1cncc(-c2ccc3[nH]nc(-c4nc5c(N6CCCCC6)cncc5[nH]4)c3c2)c1.c1ncc(-c2ccc3[nH]nc(-c4nc5c(N6CCCCC6)cncc5[nH]4)c3c2)cc1CN1CCCC1.c1ncc(-c2ccc3[nH]nc(-c4nc5c(N6CCCCC6)cncc5[nH]4)c3c2)cc1CN1CCCCC1. The number of aromatic amines is 8. The van der Waals surface area contributed by atoms with E-state index in [0.717, 1.165) is 261 Å². The van der Waals surface area contributed by atoms with Crippen molar-refractivity contribution in [1.82, 2.24) is 130 Å². The number of rotatable bonds is 21. The second-order valence-electron chi connectivity index (χ2n) is 41.1. The number of benzene rings is 4. The van der Waals surface area contributed by atoms with Crippen molar-refractivity contribution in [2.75, 3.05) is 109 Å². The summed E-state index contributed by atoms with van der Waals surface area (Å²) in [5.41, 5.74) is 30.9. The number of nitrogens with zero attached hydrogens (tertiary/aromatic N) is 22. The molecular formula is C113H122N32O2. The summed E-state index contributed by atoms with van der Waals surface area (Å²) in [7, 11) is 0. The molecular weight excluding hydrogens is 1840 g/mol. The molecule has 0 spiro atoms. The molecule has 26 rings (SSSR count). The van der Waals surface area contributed by atoms with Crippen LogP contribution in [0.15, 0.2) is 196 Å². The fourth-order valence-electron chi connectivity index (χ4n) is 21.6. The van der Waals surface area contributed by atoms with Crippen molar-refractivity contribution >= 4 is 134 Å². The first-order chi connectivity index (χ1) is 72.2. The Bertz CT molecular complexity index is 8110. The molecule has 34 nitrogen and oxygen atoms in total. The Morgan fingerprint density at radius 1 is 0.293 bits per heavy atom. The topological polar surface area (TPSA) is 410 Å². The summed E-state index contributed by atoms with van der Waals surface area (Å²) in [4.78, 5) is 109. The number of amides is 2. The van der Waals surface area contributed by atoms with Crippen molar-refractivity contribution in [3.05, 3.63) is 207 Å². The van der Waals surface area contributed by atoms with Crippen molar-refractivity contribution in [2.45, 2.75) is 169 Å². The maximum Gasteiger partial charge on any atom is 0.224 e. The smallest absolute Gasteiger partial charge is 0.224 e. The van der Waals surface area contributed by atoms with Crippen LogP contribution in [-0.2, 0) is 22.7 Å². The van der Waals surface area contributed by atoms with E-state index in [4.69, 9.17) is 19.9 Å². The summed E-state index contributed by atoms with van der Waals surface area (Å²) < 4.78 is 0. The van der Waals surface area contributed by atoms with Crippen LogP contribution in [0.1, 0.15) is 167 Å².